The smallest absolute Gasteiger partial charge is 0.331 e. The number of nitrogens with one attached hydrogen (secondary N) is 1. The molecule has 3 aromatic carbocycles. The minimum atomic E-state index is -0.560. The van der Waals surface area contributed by atoms with Gasteiger partial charge >= 0.3 is 5.69 Å². The molecule has 0 saturated carbocycles. The van der Waals surface area contributed by atoms with Gasteiger partial charge in [0.05, 0.1) is 36.6 Å². The summed E-state index contributed by atoms with van der Waals surface area (Å²) in [7, 11) is 3.11. The van der Waals surface area contributed by atoms with E-state index in [1.807, 2.05) is 12.1 Å². The first kappa shape index (κ1) is 27.1. The third-order valence-electron chi connectivity index (χ3n) is 6.37. The maximum atomic E-state index is 13.4. The summed E-state index contributed by atoms with van der Waals surface area (Å²) in [4.78, 5) is 49.5. The van der Waals surface area contributed by atoms with Crippen molar-refractivity contribution < 1.29 is 19.2 Å². The SMILES string of the molecule is COc1ccc(CCNC(=O)CCn2c(=O)c3ccccc3n(Cc3ccc([N+](=O)[O-])cc3)c2=O)cc1OC. The van der Waals surface area contributed by atoms with Crippen LogP contribution in [-0.2, 0) is 24.3 Å². The average molecular weight is 533 g/mol. The summed E-state index contributed by atoms with van der Waals surface area (Å²) in [5.74, 6) is 0.921. The zero-order valence-electron chi connectivity index (χ0n) is 21.6. The average Bonchev–Trinajstić information content (AvgIpc) is 2.95. The molecular formula is C28H28N4O7. The number of carbonyl (C=O) groups excluding carboxylic acids is 1. The molecule has 11 nitrogen and oxygen atoms in total. The van der Waals surface area contributed by atoms with E-state index in [9.17, 15) is 24.5 Å². The molecule has 0 spiro atoms. The van der Waals surface area contributed by atoms with Crippen LogP contribution in [0.5, 0.6) is 11.5 Å². The van der Waals surface area contributed by atoms with Gasteiger partial charge in [-0.2, -0.15) is 0 Å². The van der Waals surface area contributed by atoms with E-state index in [0.717, 1.165) is 10.1 Å². The Bertz CT molecular complexity index is 1620. The molecule has 1 amide bonds. The molecule has 0 radical (unpaired) electrons. The van der Waals surface area contributed by atoms with Gasteiger partial charge in [-0.1, -0.05) is 30.3 Å². The highest BCUT2D eigenvalue weighted by Crippen LogP contribution is 2.27. The van der Waals surface area contributed by atoms with Gasteiger partial charge < -0.3 is 14.8 Å². The van der Waals surface area contributed by atoms with Crippen molar-refractivity contribution in [3.63, 3.8) is 0 Å². The summed E-state index contributed by atoms with van der Waals surface area (Å²) in [6.07, 6.45) is 0.501. The number of non-ortho nitro benzene ring substituents is 1. The number of nitro groups is 1. The van der Waals surface area contributed by atoms with Crippen molar-refractivity contribution >= 4 is 22.5 Å². The lowest BCUT2D eigenvalue weighted by Gasteiger charge is -2.14. The zero-order chi connectivity index (χ0) is 27.9. The van der Waals surface area contributed by atoms with Crippen LogP contribution in [0, 0.1) is 10.1 Å². The summed E-state index contributed by atoms with van der Waals surface area (Å²) in [5, 5.41) is 14.1. The van der Waals surface area contributed by atoms with Gasteiger partial charge in [-0.25, -0.2) is 4.79 Å². The van der Waals surface area contributed by atoms with Crippen molar-refractivity contribution in [3.8, 4) is 11.5 Å². The van der Waals surface area contributed by atoms with Gasteiger partial charge in [0.1, 0.15) is 0 Å². The summed E-state index contributed by atoms with van der Waals surface area (Å²) in [5.41, 5.74) is 0.960. The predicted molar refractivity (Wildman–Crippen MR) is 146 cm³/mol. The Hall–Kier alpha value is -4.93. The summed E-state index contributed by atoms with van der Waals surface area (Å²) in [6.45, 7) is 0.380. The number of carbonyl (C=O) groups is 1. The number of hydrogen-bond donors (Lipinski definition) is 1. The van der Waals surface area contributed by atoms with Crippen molar-refractivity contribution in [2.24, 2.45) is 0 Å². The van der Waals surface area contributed by atoms with Gasteiger partial charge in [0, 0.05) is 31.6 Å². The molecule has 0 fully saturated rings. The van der Waals surface area contributed by atoms with Gasteiger partial charge in [-0.3, -0.25) is 28.8 Å². The number of fused-ring (bicyclic) bond motifs is 1. The fourth-order valence-corrected chi connectivity index (χ4v) is 4.31. The molecule has 0 bridgehead atoms. The summed E-state index contributed by atoms with van der Waals surface area (Å²) >= 11 is 0. The molecule has 0 unspecified atom stereocenters. The lowest BCUT2D eigenvalue weighted by atomic mass is 10.1. The third kappa shape index (κ3) is 6.15. The fourth-order valence-electron chi connectivity index (χ4n) is 4.31. The minimum absolute atomic E-state index is 0.0573. The van der Waals surface area contributed by atoms with Crippen LogP contribution >= 0.6 is 0 Å². The van der Waals surface area contributed by atoms with Gasteiger partial charge in [-0.05, 0) is 41.8 Å². The molecule has 1 heterocycles. The molecule has 4 aromatic rings. The normalized spacial score (nSPS) is 10.8. The van der Waals surface area contributed by atoms with Crippen LogP contribution in [0.25, 0.3) is 10.9 Å². The molecule has 1 N–H and O–H groups in total. The standard InChI is InChI=1S/C28H28N4O7/c1-38-24-12-9-19(17-25(24)39-2)13-15-29-26(33)14-16-30-27(34)22-5-3-4-6-23(22)31(28(30)35)18-20-7-10-21(11-8-20)32(36)37/h3-12,17H,13-16,18H2,1-2H3,(H,29,33). The number of methoxy groups -OCH3 is 2. The van der Waals surface area contributed by atoms with E-state index in [0.29, 0.717) is 40.9 Å². The van der Waals surface area contributed by atoms with Gasteiger partial charge in [0.15, 0.2) is 11.5 Å². The quantitative estimate of drug-likeness (QED) is 0.232. The Labute approximate surface area is 223 Å². The lowest BCUT2D eigenvalue weighted by molar-refractivity contribution is -0.384. The first-order chi connectivity index (χ1) is 18.8. The predicted octanol–water partition coefficient (Wildman–Crippen LogP) is 2.89. The number of ether oxygens (including phenoxy) is 2. The number of benzene rings is 3. The molecule has 0 atom stereocenters. The van der Waals surface area contributed by atoms with Crippen LogP contribution < -0.4 is 26.0 Å². The molecule has 1 aromatic heterocycles. The first-order valence-electron chi connectivity index (χ1n) is 12.3. The van der Waals surface area contributed by atoms with E-state index in [-0.39, 0.29) is 31.1 Å². The topological polar surface area (TPSA) is 135 Å². The van der Waals surface area contributed by atoms with E-state index < -0.39 is 16.2 Å². The third-order valence-corrected chi connectivity index (χ3v) is 6.37. The summed E-state index contributed by atoms with van der Waals surface area (Å²) in [6, 6.07) is 18.1. The second kappa shape index (κ2) is 12.1. The number of amides is 1. The molecule has 0 saturated heterocycles. The Morgan fingerprint density at radius 3 is 2.31 bits per heavy atom. The maximum Gasteiger partial charge on any atom is 0.331 e. The number of hydrogen-bond acceptors (Lipinski definition) is 7. The monoisotopic (exact) mass is 532 g/mol. The van der Waals surface area contributed by atoms with E-state index in [1.54, 1.807) is 56.7 Å². The number of para-hydroxylation sites is 1. The Balaban J connectivity index is 1.48. The minimum Gasteiger partial charge on any atom is -0.493 e. The van der Waals surface area contributed by atoms with Crippen molar-refractivity contribution in [2.45, 2.75) is 25.9 Å². The summed E-state index contributed by atoms with van der Waals surface area (Å²) < 4.78 is 13.0. The Morgan fingerprint density at radius 2 is 1.62 bits per heavy atom. The molecular weight excluding hydrogens is 504 g/mol. The van der Waals surface area contributed by atoms with Crippen molar-refractivity contribution in [1.29, 1.82) is 0 Å². The fraction of sp³-hybridized carbons (Fsp3) is 0.250. The van der Waals surface area contributed by atoms with Crippen LogP contribution in [0.2, 0.25) is 0 Å². The van der Waals surface area contributed by atoms with Crippen LogP contribution in [0.3, 0.4) is 0 Å². The molecule has 0 aliphatic heterocycles. The first-order valence-corrected chi connectivity index (χ1v) is 12.3. The van der Waals surface area contributed by atoms with Crippen LogP contribution in [-0.4, -0.2) is 40.7 Å². The van der Waals surface area contributed by atoms with Crippen LogP contribution in [0.15, 0.2) is 76.3 Å². The molecule has 11 heteroatoms. The Morgan fingerprint density at radius 1 is 0.923 bits per heavy atom. The van der Waals surface area contributed by atoms with Crippen molar-refractivity contribution in [3.05, 3.63) is 109 Å². The van der Waals surface area contributed by atoms with Crippen LogP contribution in [0.1, 0.15) is 17.5 Å². The number of nitro benzene ring substituents is 1. The largest absolute Gasteiger partial charge is 0.493 e. The van der Waals surface area contributed by atoms with E-state index >= 15 is 0 Å². The second-order valence-corrected chi connectivity index (χ2v) is 8.81. The van der Waals surface area contributed by atoms with Gasteiger partial charge in [-0.15, -0.1) is 0 Å². The second-order valence-electron chi connectivity index (χ2n) is 8.81. The van der Waals surface area contributed by atoms with E-state index in [1.165, 1.54) is 16.7 Å². The number of aromatic nitrogens is 2. The molecule has 0 aliphatic carbocycles. The highest BCUT2D eigenvalue weighted by atomic mass is 16.6. The zero-order valence-corrected chi connectivity index (χ0v) is 21.6. The molecule has 4 rings (SSSR count). The van der Waals surface area contributed by atoms with Crippen LogP contribution in [0.4, 0.5) is 5.69 Å². The number of rotatable bonds is 11. The van der Waals surface area contributed by atoms with E-state index in [2.05, 4.69) is 5.32 Å². The number of nitrogens with zero attached hydrogens (tertiary/aromatic N) is 3. The van der Waals surface area contributed by atoms with Gasteiger partial charge in [0.2, 0.25) is 5.91 Å². The van der Waals surface area contributed by atoms with Crippen molar-refractivity contribution in [2.75, 3.05) is 20.8 Å². The Kier molecular flexibility index (Phi) is 8.40. The molecule has 39 heavy (non-hydrogen) atoms. The van der Waals surface area contributed by atoms with Gasteiger partial charge in [0.25, 0.3) is 11.2 Å². The molecule has 0 aliphatic rings. The highest BCUT2D eigenvalue weighted by Gasteiger charge is 2.15. The van der Waals surface area contributed by atoms with E-state index in [4.69, 9.17) is 9.47 Å². The highest BCUT2D eigenvalue weighted by molar-refractivity contribution is 5.78. The lowest BCUT2D eigenvalue weighted by Crippen LogP contribution is -2.41. The maximum absolute atomic E-state index is 13.4. The van der Waals surface area contributed by atoms with Crippen molar-refractivity contribution in [1.82, 2.24) is 14.5 Å². The molecule has 202 valence electrons.